The van der Waals surface area contributed by atoms with Gasteiger partial charge < -0.3 is 14.5 Å². The van der Waals surface area contributed by atoms with E-state index in [1.54, 1.807) is 30.0 Å². The maximum Gasteiger partial charge on any atom is 0.304 e. The summed E-state index contributed by atoms with van der Waals surface area (Å²) in [7, 11) is 0. The van der Waals surface area contributed by atoms with E-state index in [0.717, 1.165) is 24.0 Å². The van der Waals surface area contributed by atoms with Crippen LogP contribution in [0.25, 0.3) is 0 Å². The monoisotopic (exact) mass is 541 g/mol. The van der Waals surface area contributed by atoms with Crippen molar-refractivity contribution in [3.63, 3.8) is 0 Å². The van der Waals surface area contributed by atoms with Crippen molar-refractivity contribution in [3.8, 4) is 0 Å². The summed E-state index contributed by atoms with van der Waals surface area (Å²) in [5.41, 5.74) is 0.676. The van der Waals surface area contributed by atoms with E-state index >= 15 is 0 Å². The molecule has 4 atom stereocenters. The second kappa shape index (κ2) is 10.1. The number of hydrogen-bond donors (Lipinski definition) is 1. The minimum atomic E-state index is -1.14. The van der Waals surface area contributed by atoms with E-state index in [0.29, 0.717) is 40.5 Å². The molecule has 9 heteroatoms. The lowest BCUT2D eigenvalue weighted by Gasteiger charge is -2.51. The Morgan fingerprint density at radius 3 is 2.51 bits per heavy atom. The quantitative estimate of drug-likeness (QED) is 0.331. The zero-order valence-electron chi connectivity index (χ0n) is 20.7. The van der Waals surface area contributed by atoms with Crippen LogP contribution in [0.3, 0.4) is 0 Å². The maximum atomic E-state index is 14.3. The van der Waals surface area contributed by atoms with Gasteiger partial charge in [0.25, 0.3) is 0 Å². The van der Waals surface area contributed by atoms with Crippen LogP contribution in [0.4, 0.5) is 0 Å². The molecular formula is C28H29Cl2N3O4. The predicted molar refractivity (Wildman–Crippen MR) is 140 cm³/mol. The molecule has 0 spiro atoms. The largest absolute Gasteiger partial charge is 0.481 e. The summed E-state index contributed by atoms with van der Waals surface area (Å²) in [6.07, 6.45) is 2.63. The normalized spacial score (nSPS) is 24.8. The molecule has 1 N–H and O–H groups in total. The summed E-state index contributed by atoms with van der Waals surface area (Å²) in [5.74, 6) is -0.155. The Labute approximate surface area is 225 Å². The van der Waals surface area contributed by atoms with Gasteiger partial charge in [-0.05, 0) is 61.1 Å². The lowest BCUT2D eigenvalue weighted by molar-refractivity contribution is -0.161. The number of benzene rings is 2. The lowest BCUT2D eigenvalue weighted by Crippen LogP contribution is -2.53. The van der Waals surface area contributed by atoms with E-state index in [9.17, 15) is 14.7 Å². The first kappa shape index (κ1) is 25.7. The Bertz CT molecular complexity index is 1310. The molecule has 2 aliphatic rings. The van der Waals surface area contributed by atoms with Gasteiger partial charge >= 0.3 is 5.97 Å². The Balaban J connectivity index is 1.68. The molecule has 194 valence electrons. The van der Waals surface area contributed by atoms with E-state index in [4.69, 9.17) is 27.7 Å². The van der Waals surface area contributed by atoms with Gasteiger partial charge in [-0.1, -0.05) is 66.5 Å². The van der Waals surface area contributed by atoms with Gasteiger partial charge in [-0.25, -0.2) is 0 Å². The van der Waals surface area contributed by atoms with Gasteiger partial charge in [-0.15, -0.1) is 0 Å². The number of hydrogen-bond acceptors (Lipinski definition) is 5. The third kappa shape index (κ3) is 5.12. The van der Waals surface area contributed by atoms with E-state index in [1.807, 2.05) is 37.3 Å². The lowest BCUT2D eigenvalue weighted by atomic mass is 9.67. The summed E-state index contributed by atoms with van der Waals surface area (Å²) in [4.78, 5) is 32.8. The average Bonchev–Trinajstić information content (AvgIpc) is 3.60. The fraction of sp³-hybridized carbons (Fsp3) is 0.429. The third-order valence-corrected chi connectivity index (χ3v) is 8.03. The first-order chi connectivity index (χ1) is 17.7. The second-order valence-corrected chi connectivity index (χ2v) is 11.3. The van der Waals surface area contributed by atoms with Crippen LogP contribution >= 0.6 is 23.2 Å². The Kier molecular flexibility index (Phi) is 7.03. The molecule has 0 radical (unpaired) electrons. The van der Waals surface area contributed by atoms with Gasteiger partial charge in [-0.3, -0.25) is 9.59 Å². The van der Waals surface area contributed by atoms with Gasteiger partial charge in [0, 0.05) is 21.9 Å². The Morgan fingerprint density at radius 1 is 1.16 bits per heavy atom. The van der Waals surface area contributed by atoms with Gasteiger partial charge in [0.05, 0.1) is 17.9 Å². The van der Waals surface area contributed by atoms with Crippen molar-refractivity contribution in [2.45, 2.75) is 69.9 Å². The highest BCUT2D eigenvalue weighted by molar-refractivity contribution is 6.30. The van der Waals surface area contributed by atoms with Crippen molar-refractivity contribution in [2.75, 3.05) is 0 Å². The standard InChI is InChI=1S/C28H29Cl2N3O4/c1-3-22(26-31-25(32-37-26)17-7-8-17)33-24(16-9-11-19(29)12-10-16)21(18-5-4-6-20(30)13-18)14-28(2,27(33)36)15-23(34)35/h4-6,9-13,17,21-22,24H,3,7-8,14-15H2,1-2H3,(H,34,35). The zero-order chi connectivity index (χ0) is 26.3. The van der Waals surface area contributed by atoms with Crippen molar-refractivity contribution in [3.05, 3.63) is 81.4 Å². The number of aliphatic carboxylic acids is 1. The number of likely N-dealkylation sites (tertiary alicyclic amines) is 1. The predicted octanol–water partition coefficient (Wildman–Crippen LogP) is 6.94. The first-order valence-corrected chi connectivity index (χ1v) is 13.3. The minimum Gasteiger partial charge on any atom is -0.481 e. The molecule has 4 unspecified atom stereocenters. The number of nitrogens with zero attached hydrogens (tertiary/aromatic N) is 3. The number of rotatable bonds is 8. The number of aromatic nitrogens is 2. The molecule has 2 aromatic carbocycles. The molecular weight excluding hydrogens is 513 g/mol. The van der Waals surface area contributed by atoms with Crippen molar-refractivity contribution in [2.24, 2.45) is 5.41 Å². The first-order valence-electron chi connectivity index (χ1n) is 12.6. The Morgan fingerprint density at radius 2 is 1.89 bits per heavy atom. The van der Waals surface area contributed by atoms with E-state index in [1.165, 1.54) is 0 Å². The molecule has 1 saturated heterocycles. The second-order valence-electron chi connectivity index (χ2n) is 10.4. The molecule has 5 rings (SSSR count). The number of carboxylic acids is 1. The van der Waals surface area contributed by atoms with Crippen molar-refractivity contribution in [1.82, 2.24) is 15.0 Å². The molecule has 2 fully saturated rings. The summed E-state index contributed by atoms with van der Waals surface area (Å²) in [6, 6.07) is 14.0. The molecule has 1 amide bonds. The molecule has 1 aliphatic heterocycles. The highest BCUT2D eigenvalue weighted by Crippen LogP contribution is 2.54. The van der Waals surface area contributed by atoms with E-state index in [2.05, 4.69) is 10.1 Å². The minimum absolute atomic E-state index is 0.234. The fourth-order valence-corrected chi connectivity index (χ4v) is 5.93. The summed E-state index contributed by atoms with van der Waals surface area (Å²) < 4.78 is 5.72. The molecule has 1 aliphatic carbocycles. The van der Waals surface area contributed by atoms with Gasteiger partial charge in [0.15, 0.2) is 5.82 Å². The maximum absolute atomic E-state index is 14.3. The smallest absolute Gasteiger partial charge is 0.304 e. The summed E-state index contributed by atoms with van der Waals surface area (Å²) in [5, 5.41) is 15.1. The van der Waals surface area contributed by atoms with Crippen LogP contribution in [-0.4, -0.2) is 32.0 Å². The summed E-state index contributed by atoms with van der Waals surface area (Å²) in [6.45, 7) is 3.71. The van der Waals surface area contributed by atoms with Crippen LogP contribution in [0.2, 0.25) is 10.0 Å². The van der Waals surface area contributed by atoms with Crippen LogP contribution in [0.1, 0.15) is 92.7 Å². The van der Waals surface area contributed by atoms with Crippen LogP contribution in [0.5, 0.6) is 0 Å². The average molecular weight is 542 g/mol. The number of carbonyl (C=O) groups is 2. The number of amides is 1. The SMILES string of the molecule is CCC(c1nc(C2CC2)no1)N1C(=O)C(C)(CC(=O)O)CC(c2cccc(Cl)c2)C1c1ccc(Cl)cc1. The van der Waals surface area contributed by atoms with Gasteiger partial charge in [0.2, 0.25) is 11.8 Å². The topological polar surface area (TPSA) is 96.5 Å². The van der Waals surface area contributed by atoms with Gasteiger partial charge in [0.1, 0.15) is 6.04 Å². The van der Waals surface area contributed by atoms with Crippen molar-refractivity contribution < 1.29 is 19.2 Å². The van der Waals surface area contributed by atoms with Crippen LogP contribution in [0, 0.1) is 5.41 Å². The molecule has 1 saturated carbocycles. The number of carboxylic acid groups (broad SMARTS) is 1. The van der Waals surface area contributed by atoms with E-state index < -0.39 is 23.5 Å². The highest BCUT2D eigenvalue weighted by Gasteiger charge is 2.53. The molecule has 1 aromatic heterocycles. The number of carbonyl (C=O) groups excluding carboxylic acids is 1. The summed E-state index contributed by atoms with van der Waals surface area (Å²) >= 11 is 12.6. The van der Waals surface area contributed by atoms with Gasteiger partial charge in [-0.2, -0.15) is 4.98 Å². The molecule has 3 aromatic rings. The van der Waals surface area contributed by atoms with Crippen molar-refractivity contribution >= 4 is 35.1 Å². The van der Waals surface area contributed by atoms with Crippen LogP contribution in [-0.2, 0) is 9.59 Å². The fourth-order valence-electron chi connectivity index (χ4n) is 5.60. The van der Waals surface area contributed by atoms with Crippen LogP contribution in [0.15, 0.2) is 53.1 Å². The molecule has 7 nitrogen and oxygen atoms in total. The van der Waals surface area contributed by atoms with Crippen LogP contribution < -0.4 is 0 Å². The number of piperidine rings is 1. The highest BCUT2D eigenvalue weighted by atomic mass is 35.5. The third-order valence-electron chi connectivity index (χ3n) is 7.54. The zero-order valence-corrected chi connectivity index (χ0v) is 22.2. The number of halogens is 2. The Hall–Kier alpha value is -2.90. The molecule has 2 heterocycles. The van der Waals surface area contributed by atoms with Crippen molar-refractivity contribution in [1.29, 1.82) is 0 Å². The molecule has 37 heavy (non-hydrogen) atoms. The van der Waals surface area contributed by atoms with E-state index in [-0.39, 0.29) is 18.2 Å². The molecule has 0 bridgehead atoms.